The number of aromatic nitrogens is 2. The van der Waals surface area contributed by atoms with Crippen molar-refractivity contribution >= 4 is 0 Å². The van der Waals surface area contributed by atoms with Crippen LogP contribution in [0.3, 0.4) is 0 Å². The summed E-state index contributed by atoms with van der Waals surface area (Å²) in [5, 5.41) is 4.18. The molecule has 0 bridgehead atoms. The molecule has 0 unspecified atom stereocenters. The molecule has 0 saturated carbocycles. The van der Waals surface area contributed by atoms with Gasteiger partial charge in [0.1, 0.15) is 5.69 Å². The van der Waals surface area contributed by atoms with E-state index in [2.05, 4.69) is 5.10 Å². The van der Waals surface area contributed by atoms with Crippen molar-refractivity contribution in [1.29, 1.82) is 0 Å². The first-order valence-corrected chi connectivity index (χ1v) is 4.80. The Labute approximate surface area is 88.0 Å². The number of benzene rings is 1. The van der Waals surface area contributed by atoms with Crippen LogP contribution in [0.2, 0.25) is 0 Å². The minimum Gasteiger partial charge on any atom is -0.288 e. The zero-order valence-electron chi connectivity index (χ0n) is 8.77. The van der Waals surface area contributed by atoms with Gasteiger partial charge in [0.2, 0.25) is 5.43 Å². The normalized spacial score (nSPS) is 10.3. The molecule has 0 N–H and O–H groups in total. The molecule has 0 fully saturated rings. The van der Waals surface area contributed by atoms with Crippen LogP contribution in [0.25, 0.3) is 5.69 Å². The molecule has 2 rings (SSSR count). The molecular formula is C12H12N2O. The first-order valence-electron chi connectivity index (χ1n) is 4.80. The van der Waals surface area contributed by atoms with Gasteiger partial charge >= 0.3 is 0 Å². The van der Waals surface area contributed by atoms with E-state index in [4.69, 9.17) is 0 Å². The highest BCUT2D eigenvalue weighted by molar-refractivity contribution is 5.33. The largest absolute Gasteiger partial charge is 0.288 e. The summed E-state index contributed by atoms with van der Waals surface area (Å²) >= 11 is 0. The monoisotopic (exact) mass is 200 g/mol. The van der Waals surface area contributed by atoms with Crippen molar-refractivity contribution in [2.24, 2.45) is 0 Å². The van der Waals surface area contributed by atoms with E-state index in [1.54, 1.807) is 17.8 Å². The molecule has 3 heteroatoms. The molecule has 15 heavy (non-hydrogen) atoms. The summed E-state index contributed by atoms with van der Waals surface area (Å²) < 4.78 is 1.70. The lowest BCUT2D eigenvalue weighted by molar-refractivity contribution is 0.809. The predicted molar refractivity (Wildman–Crippen MR) is 59.3 cm³/mol. The maximum absolute atomic E-state index is 11.2. The van der Waals surface area contributed by atoms with Crippen molar-refractivity contribution in [1.82, 2.24) is 9.78 Å². The van der Waals surface area contributed by atoms with Crippen molar-refractivity contribution in [2.45, 2.75) is 13.8 Å². The molecule has 2 aromatic rings. The van der Waals surface area contributed by atoms with Crippen LogP contribution in [-0.4, -0.2) is 9.78 Å². The van der Waals surface area contributed by atoms with Gasteiger partial charge in [0.15, 0.2) is 0 Å². The molecule has 1 heterocycles. The molecule has 0 aliphatic carbocycles. The lowest BCUT2D eigenvalue weighted by atomic mass is 10.2. The smallest absolute Gasteiger partial charge is 0.203 e. The standard InChI is InChI=1S/C12H12N2O/c1-9-3-5-11(6-4-9)14-8-7-12(15)10(2)13-14/h3-8H,1-2H3. The van der Waals surface area contributed by atoms with Crippen LogP contribution in [-0.2, 0) is 0 Å². The molecule has 0 amide bonds. The van der Waals surface area contributed by atoms with Crippen LogP contribution < -0.4 is 5.43 Å². The zero-order chi connectivity index (χ0) is 10.8. The fourth-order valence-electron chi connectivity index (χ4n) is 1.34. The van der Waals surface area contributed by atoms with Gasteiger partial charge in [0.05, 0.1) is 5.69 Å². The van der Waals surface area contributed by atoms with Crippen LogP contribution in [0.1, 0.15) is 11.3 Å². The van der Waals surface area contributed by atoms with Crippen LogP contribution in [0.4, 0.5) is 0 Å². The third-order valence-electron chi connectivity index (χ3n) is 2.28. The first kappa shape index (κ1) is 9.65. The molecule has 0 radical (unpaired) electrons. The molecule has 3 nitrogen and oxygen atoms in total. The Balaban J connectivity index is 2.50. The van der Waals surface area contributed by atoms with Crippen molar-refractivity contribution in [2.75, 3.05) is 0 Å². The van der Waals surface area contributed by atoms with E-state index in [-0.39, 0.29) is 5.43 Å². The zero-order valence-corrected chi connectivity index (χ0v) is 8.77. The lowest BCUT2D eigenvalue weighted by Crippen LogP contribution is -2.12. The van der Waals surface area contributed by atoms with E-state index in [9.17, 15) is 4.79 Å². The van der Waals surface area contributed by atoms with Gasteiger partial charge in [0, 0.05) is 12.3 Å². The lowest BCUT2D eigenvalue weighted by Gasteiger charge is -2.05. The molecule has 0 aliphatic heterocycles. The van der Waals surface area contributed by atoms with Crippen LogP contribution in [0.5, 0.6) is 0 Å². The average molecular weight is 200 g/mol. The number of aryl methyl sites for hydroxylation is 2. The van der Waals surface area contributed by atoms with Gasteiger partial charge in [-0.1, -0.05) is 17.7 Å². The summed E-state index contributed by atoms with van der Waals surface area (Å²) in [6.07, 6.45) is 1.68. The van der Waals surface area contributed by atoms with E-state index >= 15 is 0 Å². The Morgan fingerprint density at radius 3 is 2.33 bits per heavy atom. The van der Waals surface area contributed by atoms with E-state index in [0.717, 1.165) is 5.69 Å². The highest BCUT2D eigenvalue weighted by Gasteiger charge is 1.98. The summed E-state index contributed by atoms with van der Waals surface area (Å²) in [6, 6.07) is 9.52. The molecular weight excluding hydrogens is 188 g/mol. The topological polar surface area (TPSA) is 34.9 Å². The Hall–Kier alpha value is -1.90. The third kappa shape index (κ3) is 1.96. The summed E-state index contributed by atoms with van der Waals surface area (Å²) in [4.78, 5) is 11.2. The van der Waals surface area contributed by atoms with Gasteiger partial charge in [-0.25, -0.2) is 4.68 Å². The number of rotatable bonds is 1. The fraction of sp³-hybridized carbons (Fsp3) is 0.167. The van der Waals surface area contributed by atoms with Gasteiger partial charge in [-0.15, -0.1) is 0 Å². The maximum Gasteiger partial charge on any atom is 0.203 e. The maximum atomic E-state index is 11.2. The quantitative estimate of drug-likeness (QED) is 0.704. The summed E-state index contributed by atoms with van der Waals surface area (Å²) in [5.41, 5.74) is 2.65. The Kier molecular flexibility index (Phi) is 2.37. The minimum atomic E-state index is -0.0293. The second-order valence-electron chi connectivity index (χ2n) is 3.55. The van der Waals surface area contributed by atoms with Crippen molar-refractivity contribution < 1.29 is 0 Å². The van der Waals surface area contributed by atoms with Crippen LogP contribution >= 0.6 is 0 Å². The summed E-state index contributed by atoms with van der Waals surface area (Å²) in [6.45, 7) is 3.75. The highest BCUT2D eigenvalue weighted by atomic mass is 16.1. The molecule has 1 aromatic heterocycles. The summed E-state index contributed by atoms with van der Waals surface area (Å²) in [5.74, 6) is 0. The average Bonchev–Trinajstić information content (AvgIpc) is 2.23. The molecule has 1 aromatic carbocycles. The number of hydrogen-bond donors (Lipinski definition) is 0. The van der Waals surface area contributed by atoms with Crippen LogP contribution in [0, 0.1) is 13.8 Å². The predicted octanol–water partition coefficient (Wildman–Crippen LogP) is 1.85. The van der Waals surface area contributed by atoms with E-state index < -0.39 is 0 Å². The Morgan fingerprint density at radius 2 is 1.73 bits per heavy atom. The first-order chi connectivity index (χ1) is 7.16. The molecule has 0 spiro atoms. The van der Waals surface area contributed by atoms with Crippen molar-refractivity contribution in [3.63, 3.8) is 0 Å². The van der Waals surface area contributed by atoms with Gasteiger partial charge in [-0.05, 0) is 26.0 Å². The second kappa shape index (κ2) is 3.69. The summed E-state index contributed by atoms with van der Waals surface area (Å²) in [7, 11) is 0. The number of nitrogens with zero attached hydrogens (tertiary/aromatic N) is 2. The highest BCUT2D eigenvalue weighted by Crippen LogP contribution is 2.06. The van der Waals surface area contributed by atoms with Gasteiger partial charge in [0.25, 0.3) is 0 Å². The Morgan fingerprint density at radius 1 is 1.07 bits per heavy atom. The molecule has 0 aliphatic rings. The van der Waals surface area contributed by atoms with E-state index in [1.807, 2.05) is 31.2 Å². The third-order valence-corrected chi connectivity index (χ3v) is 2.28. The van der Waals surface area contributed by atoms with E-state index in [0.29, 0.717) is 5.69 Å². The van der Waals surface area contributed by atoms with Gasteiger partial charge in [-0.3, -0.25) is 4.79 Å². The Bertz CT molecular complexity index is 526. The molecule has 0 atom stereocenters. The van der Waals surface area contributed by atoms with Gasteiger partial charge < -0.3 is 0 Å². The second-order valence-corrected chi connectivity index (χ2v) is 3.55. The van der Waals surface area contributed by atoms with Crippen molar-refractivity contribution in [3.8, 4) is 5.69 Å². The number of hydrogen-bond acceptors (Lipinski definition) is 2. The van der Waals surface area contributed by atoms with E-state index in [1.165, 1.54) is 11.6 Å². The molecule has 76 valence electrons. The van der Waals surface area contributed by atoms with Crippen LogP contribution in [0.15, 0.2) is 41.3 Å². The minimum absolute atomic E-state index is 0.0293. The molecule has 0 saturated heterocycles. The fourth-order valence-corrected chi connectivity index (χ4v) is 1.34. The SMILES string of the molecule is Cc1ccc(-n2ccc(=O)c(C)n2)cc1. The van der Waals surface area contributed by atoms with Gasteiger partial charge in [-0.2, -0.15) is 5.10 Å². The van der Waals surface area contributed by atoms with Crippen molar-refractivity contribution in [3.05, 3.63) is 58.0 Å².